The molecule has 3 atom stereocenters. The molecule has 2 rings (SSSR count). The molecule has 1 aliphatic rings. The van der Waals surface area contributed by atoms with E-state index in [1.54, 1.807) is 0 Å². The summed E-state index contributed by atoms with van der Waals surface area (Å²) in [7, 11) is 0. The van der Waals surface area contributed by atoms with Crippen LogP contribution in [-0.4, -0.2) is 12.6 Å². The average molecular weight is 310 g/mol. The fraction of sp³-hybridized carbons (Fsp3) is 0.667. The second-order valence-corrected chi connectivity index (χ2v) is 7.27. The van der Waals surface area contributed by atoms with Crippen molar-refractivity contribution in [3.05, 3.63) is 28.3 Å². The Morgan fingerprint density at radius 2 is 2.05 bits per heavy atom. The van der Waals surface area contributed by atoms with Gasteiger partial charge in [0.1, 0.15) is 11.9 Å². The predicted octanol–water partition coefficient (Wildman–Crippen LogP) is 4.91. The lowest BCUT2D eigenvalue weighted by Gasteiger charge is -2.35. The summed E-state index contributed by atoms with van der Waals surface area (Å²) in [4.78, 5) is 0. The first-order valence-electron chi connectivity index (χ1n) is 8.09. The molecule has 1 fully saturated rings. The second kappa shape index (κ2) is 7.02. The van der Waals surface area contributed by atoms with E-state index in [0.29, 0.717) is 18.4 Å². The summed E-state index contributed by atoms with van der Waals surface area (Å²) < 4.78 is 6.37. The molecule has 0 spiro atoms. The summed E-state index contributed by atoms with van der Waals surface area (Å²) in [5.74, 6) is 2.56. The summed E-state index contributed by atoms with van der Waals surface area (Å²) in [6.07, 6.45) is 3.77. The van der Waals surface area contributed by atoms with Crippen molar-refractivity contribution in [2.45, 2.75) is 59.0 Å². The maximum atomic E-state index is 6.37. The van der Waals surface area contributed by atoms with E-state index in [1.165, 1.54) is 12.8 Å². The van der Waals surface area contributed by atoms with Crippen LogP contribution in [0.2, 0.25) is 5.02 Å². The van der Waals surface area contributed by atoms with Crippen molar-refractivity contribution in [1.29, 1.82) is 0 Å². The molecule has 3 unspecified atom stereocenters. The zero-order valence-electron chi connectivity index (χ0n) is 13.7. The van der Waals surface area contributed by atoms with Gasteiger partial charge in [-0.3, -0.25) is 0 Å². The number of rotatable bonds is 4. The van der Waals surface area contributed by atoms with Gasteiger partial charge in [0.25, 0.3) is 0 Å². The standard InChI is InChI=1S/C18H28ClNO/c1-11(2)15-9-17(13(4)8-16(15)19)21-18-7-12(3)5-6-14(18)10-20/h8-9,11-12,14,18H,5-7,10,20H2,1-4H3. The molecular formula is C18H28ClNO. The van der Waals surface area contributed by atoms with Gasteiger partial charge < -0.3 is 10.5 Å². The average Bonchev–Trinajstić information content (AvgIpc) is 2.41. The van der Waals surface area contributed by atoms with Gasteiger partial charge in [0, 0.05) is 10.9 Å². The Labute approximate surface area is 134 Å². The van der Waals surface area contributed by atoms with E-state index < -0.39 is 0 Å². The number of ether oxygens (including phenoxy) is 1. The van der Waals surface area contributed by atoms with Gasteiger partial charge in [-0.25, -0.2) is 0 Å². The fourth-order valence-corrected chi connectivity index (χ4v) is 3.64. The van der Waals surface area contributed by atoms with Crippen LogP contribution in [-0.2, 0) is 0 Å². The molecule has 0 radical (unpaired) electrons. The Hall–Kier alpha value is -0.730. The van der Waals surface area contributed by atoms with Crippen LogP contribution in [0.25, 0.3) is 0 Å². The summed E-state index contributed by atoms with van der Waals surface area (Å²) in [6.45, 7) is 9.39. The maximum Gasteiger partial charge on any atom is 0.123 e. The molecule has 21 heavy (non-hydrogen) atoms. The number of hydrogen-bond acceptors (Lipinski definition) is 2. The molecular weight excluding hydrogens is 282 g/mol. The monoisotopic (exact) mass is 309 g/mol. The van der Waals surface area contributed by atoms with E-state index in [0.717, 1.165) is 34.2 Å². The quantitative estimate of drug-likeness (QED) is 0.857. The molecule has 1 saturated carbocycles. The third-order valence-electron chi connectivity index (χ3n) is 4.69. The minimum Gasteiger partial charge on any atom is -0.490 e. The van der Waals surface area contributed by atoms with Crippen molar-refractivity contribution >= 4 is 11.6 Å². The van der Waals surface area contributed by atoms with Gasteiger partial charge in [-0.1, -0.05) is 38.8 Å². The molecule has 0 saturated heterocycles. The van der Waals surface area contributed by atoms with Crippen molar-refractivity contribution < 1.29 is 4.74 Å². The molecule has 1 aliphatic carbocycles. The number of halogens is 1. The zero-order valence-corrected chi connectivity index (χ0v) is 14.4. The van der Waals surface area contributed by atoms with Crippen LogP contribution in [0.15, 0.2) is 12.1 Å². The van der Waals surface area contributed by atoms with Crippen LogP contribution in [0.4, 0.5) is 0 Å². The summed E-state index contributed by atoms with van der Waals surface area (Å²) in [6, 6.07) is 4.14. The molecule has 118 valence electrons. The Morgan fingerprint density at radius 1 is 1.33 bits per heavy atom. The molecule has 1 aromatic rings. The van der Waals surface area contributed by atoms with Gasteiger partial charge >= 0.3 is 0 Å². The first-order valence-corrected chi connectivity index (χ1v) is 8.47. The summed E-state index contributed by atoms with van der Waals surface area (Å²) >= 11 is 6.34. The Balaban J connectivity index is 2.23. The third kappa shape index (κ3) is 3.92. The SMILES string of the molecule is Cc1cc(Cl)c(C(C)C)cc1OC1CC(C)CCC1CN. The van der Waals surface area contributed by atoms with Crippen LogP contribution in [0.3, 0.4) is 0 Å². The lowest BCUT2D eigenvalue weighted by molar-refractivity contribution is 0.0735. The molecule has 2 nitrogen and oxygen atoms in total. The smallest absolute Gasteiger partial charge is 0.123 e. The minimum absolute atomic E-state index is 0.235. The van der Waals surface area contributed by atoms with Gasteiger partial charge in [0.05, 0.1) is 0 Å². The van der Waals surface area contributed by atoms with Gasteiger partial charge in [0.2, 0.25) is 0 Å². The third-order valence-corrected chi connectivity index (χ3v) is 5.02. The normalized spacial score (nSPS) is 26.1. The largest absolute Gasteiger partial charge is 0.490 e. The molecule has 2 N–H and O–H groups in total. The Bertz CT molecular complexity index is 486. The molecule has 3 heteroatoms. The highest BCUT2D eigenvalue weighted by molar-refractivity contribution is 6.31. The zero-order chi connectivity index (χ0) is 15.6. The predicted molar refractivity (Wildman–Crippen MR) is 90.3 cm³/mol. The summed E-state index contributed by atoms with van der Waals surface area (Å²) in [5, 5.41) is 0.835. The number of benzene rings is 1. The number of hydrogen-bond donors (Lipinski definition) is 1. The molecule has 1 aromatic carbocycles. The van der Waals surface area contributed by atoms with Crippen molar-refractivity contribution in [3.8, 4) is 5.75 Å². The van der Waals surface area contributed by atoms with Crippen LogP contribution < -0.4 is 10.5 Å². The summed E-state index contributed by atoms with van der Waals surface area (Å²) in [5.41, 5.74) is 8.20. The first kappa shape index (κ1) is 16.6. The van der Waals surface area contributed by atoms with Crippen LogP contribution in [0.5, 0.6) is 5.75 Å². The highest BCUT2D eigenvalue weighted by Gasteiger charge is 2.29. The van der Waals surface area contributed by atoms with Crippen molar-refractivity contribution in [2.75, 3.05) is 6.54 Å². The van der Waals surface area contributed by atoms with E-state index in [1.807, 2.05) is 6.07 Å². The molecule has 0 amide bonds. The van der Waals surface area contributed by atoms with E-state index in [9.17, 15) is 0 Å². The molecule has 0 bridgehead atoms. The Morgan fingerprint density at radius 3 is 2.67 bits per heavy atom. The van der Waals surface area contributed by atoms with E-state index >= 15 is 0 Å². The minimum atomic E-state index is 0.235. The van der Waals surface area contributed by atoms with Gasteiger partial charge in [-0.05, 0) is 61.4 Å². The van der Waals surface area contributed by atoms with Crippen molar-refractivity contribution in [3.63, 3.8) is 0 Å². The lowest BCUT2D eigenvalue weighted by atomic mass is 9.80. The van der Waals surface area contributed by atoms with E-state index in [4.69, 9.17) is 22.1 Å². The van der Waals surface area contributed by atoms with Gasteiger partial charge in [-0.15, -0.1) is 0 Å². The topological polar surface area (TPSA) is 35.2 Å². The van der Waals surface area contributed by atoms with Gasteiger partial charge in [0.15, 0.2) is 0 Å². The maximum absolute atomic E-state index is 6.37. The molecule has 0 aliphatic heterocycles. The van der Waals surface area contributed by atoms with E-state index in [2.05, 4.69) is 33.8 Å². The Kier molecular flexibility index (Phi) is 5.56. The fourth-order valence-electron chi connectivity index (χ4n) is 3.21. The number of aryl methyl sites for hydroxylation is 1. The van der Waals surface area contributed by atoms with Crippen LogP contribution in [0.1, 0.15) is 57.1 Å². The first-order chi connectivity index (χ1) is 9.92. The number of nitrogens with two attached hydrogens (primary N) is 1. The molecule has 0 aromatic heterocycles. The lowest BCUT2D eigenvalue weighted by Crippen LogP contribution is -2.37. The van der Waals surface area contributed by atoms with Crippen LogP contribution in [0, 0.1) is 18.8 Å². The highest BCUT2D eigenvalue weighted by Crippen LogP contribution is 2.35. The second-order valence-electron chi connectivity index (χ2n) is 6.86. The van der Waals surface area contributed by atoms with Crippen molar-refractivity contribution in [2.24, 2.45) is 17.6 Å². The van der Waals surface area contributed by atoms with Gasteiger partial charge in [-0.2, -0.15) is 0 Å². The highest BCUT2D eigenvalue weighted by atomic mass is 35.5. The van der Waals surface area contributed by atoms with Crippen LogP contribution >= 0.6 is 11.6 Å². The van der Waals surface area contributed by atoms with E-state index in [-0.39, 0.29) is 6.10 Å². The molecule has 0 heterocycles. The van der Waals surface area contributed by atoms with Crippen molar-refractivity contribution in [1.82, 2.24) is 0 Å².